The van der Waals surface area contributed by atoms with E-state index >= 15 is 0 Å². The van der Waals surface area contributed by atoms with E-state index in [1.54, 1.807) is 0 Å². The zero-order chi connectivity index (χ0) is 13.7. The molecule has 1 aromatic rings. The van der Waals surface area contributed by atoms with Crippen LogP contribution in [-0.4, -0.2) is 19.3 Å². The van der Waals surface area contributed by atoms with Crippen LogP contribution < -0.4 is 5.32 Å². The molecule has 2 rings (SSSR count). The van der Waals surface area contributed by atoms with Crippen LogP contribution in [0.15, 0.2) is 16.5 Å². The molecule has 1 saturated heterocycles. The van der Waals surface area contributed by atoms with E-state index in [9.17, 15) is 0 Å². The minimum atomic E-state index is 0.299. The molecule has 0 spiro atoms. The average Bonchev–Trinajstić information content (AvgIpc) is 3.08. The lowest BCUT2D eigenvalue weighted by atomic mass is 9.89. The second kappa shape index (κ2) is 7.11. The Labute approximate surface area is 116 Å². The number of aryl methyl sites for hydroxylation is 1. The van der Waals surface area contributed by atoms with Gasteiger partial charge in [-0.3, -0.25) is 0 Å². The highest BCUT2D eigenvalue weighted by Crippen LogP contribution is 2.35. The molecule has 108 valence electrons. The quantitative estimate of drug-likeness (QED) is 0.816. The van der Waals surface area contributed by atoms with Crippen LogP contribution >= 0.6 is 0 Å². The molecule has 19 heavy (non-hydrogen) atoms. The van der Waals surface area contributed by atoms with E-state index < -0.39 is 0 Å². The van der Waals surface area contributed by atoms with Crippen LogP contribution in [0.25, 0.3) is 0 Å². The minimum absolute atomic E-state index is 0.299. The summed E-state index contributed by atoms with van der Waals surface area (Å²) in [5.41, 5.74) is 0. The molecule has 1 aliphatic rings. The van der Waals surface area contributed by atoms with Crippen LogP contribution in [0.2, 0.25) is 0 Å². The van der Waals surface area contributed by atoms with Crippen LogP contribution in [0, 0.1) is 5.92 Å². The van der Waals surface area contributed by atoms with Crippen molar-refractivity contribution >= 4 is 0 Å². The minimum Gasteiger partial charge on any atom is -0.464 e. The van der Waals surface area contributed by atoms with Gasteiger partial charge in [-0.1, -0.05) is 20.8 Å². The summed E-state index contributed by atoms with van der Waals surface area (Å²) in [6.45, 7) is 8.45. The number of furan rings is 1. The van der Waals surface area contributed by atoms with Gasteiger partial charge in [-0.05, 0) is 37.9 Å². The molecule has 3 unspecified atom stereocenters. The lowest BCUT2D eigenvalue weighted by molar-refractivity contribution is 0.0746. The second-order valence-electron chi connectivity index (χ2n) is 5.36. The molecular formula is C16H27NO2. The standard InChI is InChI=1S/C16H27NO2/c1-4-10-17-16(13-9-11-18-14(13)6-3)15-8-7-12(5-2)19-15/h7-8,13-14,16-17H,4-6,9-11H2,1-3H3. The van der Waals surface area contributed by atoms with Gasteiger partial charge in [0.05, 0.1) is 12.1 Å². The first-order valence-corrected chi connectivity index (χ1v) is 7.73. The maximum absolute atomic E-state index is 5.98. The largest absolute Gasteiger partial charge is 0.464 e. The van der Waals surface area contributed by atoms with E-state index in [-0.39, 0.29) is 0 Å². The zero-order valence-electron chi connectivity index (χ0n) is 12.4. The molecule has 0 bridgehead atoms. The lowest BCUT2D eigenvalue weighted by Gasteiger charge is -2.26. The van der Waals surface area contributed by atoms with Crippen molar-refractivity contribution in [3.63, 3.8) is 0 Å². The Hall–Kier alpha value is -0.800. The van der Waals surface area contributed by atoms with Gasteiger partial charge in [0.15, 0.2) is 0 Å². The third-order valence-electron chi connectivity index (χ3n) is 4.04. The topological polar surface area (TPSA) is 34.4 Å². The molecule has 2 heterocycles. The van der Waals surface area contributed by atoms with E-state index in [4.69, 9.17) is 9.15 Å². The highest BCUT2D eigenvalue weighted by molar-refractivity contribution is 5.13. The molecule has 1 aromatic heterocycles. The molecule has 0 saturated carbocycles. The summed E-state index contributed by atoms with van der Waals surface area (Å²) in [5.74, 6) is 2.69. The van der Waals surface area contributed by atoms with Crippen molar-refractivity contribution in [2.75, 3.05) is 13.2 Å². The van der Waals surface area contributed by atoms with E-state index in [1.807, 2.05) is 0 Å². The highest BCUT2D eigenvalue weighted by atomic mass is 16.5. The van der Waals surface area contributed by atoms with Crippen molar-refractivity contribution in [1.29, 1.82) is 0 Å². The summed E-state index contributed by atoms with van der Waals surface area (Å²) in [4.78, 5) is 0. The van der Waals surface area contributed by atoms with E-state index in [2.05, 4.69) is 38.2 Å². The first kappa shape index (κ1) is 14.6. The summed E-state index contributed by atoms with van der Waals surface area (Å²) in [5, 5.41) is 3.66. The molecule has 1 aliphatic heterocycles. The number of hydrogen-bond donors (Lipinski definition) is 1. The zero-order valence-corrected chi connectivity index (χ0v) is 12.4. The average molecular weight is 265 g/mol. The van der Waals surface area contributed by atoms with Gasteiger partial charge in [-0.15, -0.1) is 0 Å². The molecule has 0 radical (unpaired) electrons. The van der Waals surface area contributed by atoms with Crippen molar-refractivity contribution in [1.82, 2.24) is 5.32 Å². The Bertz CT molecular complexity index is 375. The van der Waals surface area contributed by atoms with Gasteiger partial charge in [0.25, 0.3) is 0 Å². The van der Waals surface area contributed by atoms with Crippen molar-refractivity contribution < 1.29 is 9.15 Å². The predicted octanol–water partition coefficient (Wildman–Crippen LogP) is 3.70. The fraction of sp³-hybridized carbons (Fsp3) is 0.750. The molecule has 0 amide bonds. The number of ether oxygens (including phenoxy) is 1. The Morgan fingerprint density at radius 3 is 2.79 bits per heavy atom. The van der Waals surface area contributed by atoms with Crippen molar-refractivity contribution in [3.05, 3.63) is 23.7 Å². The van der Waals surface area contributed by atoms with Gasteiger partial charge in [0.1, 0.15) is 11.5 Å². The first-order chi connectivity index (χ1) is 9.30. The van der Waals surface area contributed by atoms with Crippen LogP contribution in [-0.2, 0) is 11.2 Å². The third kappa shape index (κ3) is 3.40. The Kier molecular flexibility index (Phi) is 5.46. The van der Waals surface area contributed by atoms with Crippen LogP contribution in [0.1, 0.15) is 57.6 Å². The Balaban J connectivity index is 2.14. The highest BCUT2D eigenvalue weighted by Gasteiger charge is 2.35. The van der Waals surface area contributed by atoms with Gasteiger partial charge in [-0.2, -0.15) is 0 Å². The molecule has 0 aliphatic carbocycles. The monoisotopic (exact) mass is 265 g/mol. The van der Waals surface area contributed by atoms with Crippen molar-refractivity contribution in [2.24, 2.45) is 5.92 Å². The fourth-order valence-electron chi connectivity index (χ4n) is 2.98. The molecule has 3 heteroatoms. The first-order valence-electron chi connectivity index (χ1n) is 7.73. The SMILES string of the molecule is CCCNC(c1ccc(CC)o1)C1CCOC1CC. The van der Waals surface area contributed by atoms with Crippen LogP contribution in [0.3, 0.4) is 0 Å². The van der Waals surface area contributed by atoms with Crippen LogP contribution in [0.4, 0.5) is 0 Å². The van der Waals surface area contributed by atoms with Crippen LogP contribution in [0.5, 0.6) is 0 Å². The fourth-order valence-corrected chi connectivity index (χ4v) is 2.98. The number of hydrogen-bond acceptors (Lipinski definition) is 3. The summed E-state index contributed by atoms with van der Waals surface area (Å²) in [7, 11) is 0. The van der Waals surface area contributed by atoms with E-state index in [1.165, 1.54) is 0 Å². The molecule has 1 N–H and O–H groups in total. The summed E-state index contributed by atoms with van der Waals surface area (Å²) in [6, 6.07) is 4.54. The van der Waals surface area contributed by atoms with E-state index in [0.717, 1.165) is 50.4 Å². The summed E-state index contributed by atoms with van der Waals surface area (Å²) in [6.07, 6.45) is 4.67. The normalized spacial score (nSPS) is 24.8. The Morgan fingerprint density at radius 1 is 1.32 bits per heavy atom. The summed E-state index contributed by atoms with van der Waals surface area (Å²) < 4.78 is 11.8. The lowest BCUT2D eigenvalue weighted by Crippen LogP contribution is -2.33. The molecule has 3 nitrogen and oxygen atoms in total. The van der Waals surface area contributed by atoms with Gasteiger partial charge in [0, 0.05) is 18.9 Å². The maximum Gasteiger partial charge on any atom is 0.121 e. The van der Waals surface area contributed by atoms with E-state index in [0.29, 0.717) is 18.1 Å². The molecule has 3 atom stereocenters. The Morgan fingerprint density at radius 2 is 2.16 bits per heavy atom. The van der Waals surface area contributed by atoms with Gasteiger partial charge in [-0.25, -0.2) is 0 Å². The van der Waals surface area contributed by atoms with Crippen molar-refractivity contribution in [3.8, 4) is 0 Å². The summed E-state index contributed by atoms with van der Waals surface area (Å²) >= 11 is 0. The second-order valence-corrected chi connectivity index (χ2v) is 5.36. The molecular weight excluding hydrogens is 238 g/mol. The molecule has 0 aromatic carbocycles. The smallest absolute Gasteiger partial charge is 0.121 e. The van der Waals surface area contributed by atoms with Crippen molar-refractivity contribution in [2.45, 2.75) is 58.6 Å². The predicted molar refractivity (Wildman–Crippen MR) is 77.3 cm³/mol. The van der Waals surface area contributed by atoms with Gasteiger partial charge >= 0.3 is 0 Å². The third-order valence-corrected chi connectivity index (χ3v) is 4.04. The van der Waals surface area contributed by atoms with Gasteiger partial charge < -0.3 is 14.5 Å². The molecule has 1 fully saturated rings. The number of rotatable bonds is 7. The van der Waals surface area contributed by atoms with Gasteiger partial charge in [0.2, 0.25) is 0 Å². The maximum atomic E-state index is 5.98. The number of nitrogens with one attached hydrogen (secondary N) is 1.